The first kappa shape index (κ1) is 10.8. The molecule has 15 heavy (non-hydrogen) atoms. The van der Waals surface area contributed by atoms with Crippen LogP contribution in [0.25, 0.3) is 0 Å². The molecule has 2 aliphatic rings. The first-order chi connectivity index (χ1) is 7.04. The van der Waals surface area contributed by atoms with Crippen molar-refractivity contribution >= 4 is 11.6 Å². The molecule has 0 aliphatic heterocycles. The van der Waals surface area contributed by atoms with Crippen molar-refractivity contribution < 1.29 is 14.7 Å². The largest absolute Gasteiger partial charge is 0.389 e. The van der Waals surface area contributed by atoms with Crippen LogP contribution in [0, 0.1) is 11.8 Å². The molecule has 2 unspecified atom stereocenters. The number of hydrogen-bond acceptors (Lipinski definition) is 3. The summed E-state index contributed by atoms with van der Waals surface area (Å²) in [5.74, 6) is -0.769. The summed E-state index contributed by atoms with van der Waals surface area (Å²) < 4.78 is 0. The number of Topliss-reactive ketones (excluding diaryl/α,β-unsaturated/α-hetero) is 2. The summed E-state index contributed by atoms with van der Waals surface area (Å²) in [6, 6.07) is 0. The standard InChI is InChI=1S/C12H18O3/c1-8-10(13)5-4-9(11(8)14)12(15)6-2-3-7-12/h8-9,15H,2-7H2,1H3. The molecule has 0 saturated heterocycles. The van der Waals surface area contributed by atoms with Crippen LogP contribution in [-0.2, 0) is 9.59 Å². The van der Waals surface area contributed by atoms with Gasteiger partial charge in [-0.25, -0.2) is 0 Å². The quantitative estimate of drug-likeness (QED) is 0.667. The van der Waals surface area contributed by atoms with Crippen molar-refractivity contribution in [2.75, 3.05) is 0 Å². The third-order valence-electron chi connectivity index (χ3n) is 4.05. The molecule has 0 aromatic heterocycles. The Morgan fingerprint density at radius 3 is 2.47 bits per heavy atom. The zero-order valence-corrected chi connectivity index (χ0v) is 9.16. The smallest absolute Gasteiger partial charge is 0.148 e. The van der Waals surface area contributed by atoms with Crippen molar-refractivity contribution in [3.63, 3.8) is 0 Å². The highest BCUT2D eigenvalue weighted by molar-refractivity contribution is 6.05. The second kappa shape index (κ2) is 3.71. The first-order valence-electron chi connectivity index (χ1n) is 5.83. The van der Waals surface area contributed by atoms with E-state index in [4.69, 9.17) is 0 Å². The van der Waals surface area contributed by atoms with Gasteiger partial charge < -0.3 is 5.11 Å². The Kier molecular flexibility index (Phi) is 2.67. The Hall–Kier alpha value is -0.700. The lowest BCUT2D eigenvalue weighted by atomic mass is 9.71. The fraction of sp³-hybridized carbons (Fsp3) is 0.833. The van der Waals surface area contributed by atoms with Gasteiger partial charge in [-0.15, -0.1) is 0 Å². The summed E-state index contributed by atoms with van der Waals surface area (Å²) in [5.41, 5.74) is -0.800. The summed E-state index contributed by atoms with van der Waals surface area (Å²) in [6.07, 6.45) is 4.47. The van der Waals surface area contributed by atoms with Gasteiger partial charge in [-0.05, 0) is 26.2 Å². The maximum Gasteiger partial charge on any atom is 0.148 e. The van der Waals surface area contributed by atoms with E-state index < -0.39 is 11.5 Å². The average Bonchev–Trinajstić information content (AvgIpc) is 2.62. The Balaban J connectivity index is 2.16. The third-order valence-corrected chi connectivity index (χ3v) is 4.05. The van der Waals surface area contributed by atoms with Gasteiger partial charge in [0.2, 0.25) is 0 Å². The predicted octanol–water partition coefficient (Wildman–Crippen LogP) is 1.48. The molecule has 0 heterocycles. The molecule has 2 fully saturated rings. The van der Waals surface area contributed by atoms with E-state index >= 15 is 0 Å². The van der Waals surface area contributed by atoms with Crippen LogP contribution in [0.15, 0.2) is 0 Å². The van der Waals surface area contributed by atoms with E-state index in [0.29, 0.717) is 12.8 Å². The Morgan fingerprint density at radius 2 is 1.87 bits per heavy atom. The highest BCUT2D eigenvalue weighted by atomic mass is 16.3. The highest BCUT2D eigenvalue weighted by Gasteiger charge is 2.47. The van der Waals surface area contributed by atoms with Gasteiger partial charge in [-0.3, -0.25) is 9.59 Å². The molecule has 3 heteroatoms. The van der Waals surface area contributed by atoms with Crippen LogP contribution in [0.4, 0.5) is 0 Å². The highest BCUT2D eigenvalue weighted by Crippen LogP contribution is 2.41. The molecule has 2 saturated carbocycles. The Labute approximate surface area is 89.9 Å². The van der Waals surface area contributed by atoms with Crippen LogP contribution in [-0.4, -0.2) is 22.3 Å². The zero-order chi connectivity index (χ0) is 11.1. The van der Waals surface area contributed by atoms with Gasteiger partial charge >= 0.3 is 0 Å². The lowest BCUT2D eigenvalue weighted by Crippen LogP contribution is -2.46. The normalized spacial score (nSPS) is 35.9. The minimum Gasteiger partial charge on any atom is -0.389 e. The molecule has 0 radical (unpaired) electrons. The molecule has 0 bridgehead atoms. The van der Waals surface area contributed by atoms with Crippen LogP contribution in [0.5, 0.6) is 0 Å². The number of ketones is 2. The van der Waals surface area contributed by atoms with E-state index in [2.05, 4.69) is 0 Å². The van der Waals surface area contributed by atoms with Gasteiger partial charge in [-0.1, -0.05) is 12.8 Å². The molecule has 84 valence electrons. The third kappa shape index (κ3) is 1.73. The molecule has 0 amide bonds. The fourth-order valence-electron chi connectivity index (χ4n) is 2.97. The van der Waals surface area contributed by atoms with Gasteiger partial charge in [0, 0.05) is 12.3 Å². The van der Waals surface area contributed by atoms with E-state index in [1.165, 1.54) is 0 Å². The first-order valence-corrected chi connectivity index (χ1v) is 5.83. The number of rotatable bonds is 1. The molecule has 2 rings (SSSR count). The molecule has 2 atom stereocenters. The van der Waals surface area contributed by atoms with E-state index in [1.807, 2.05) is 0 Å². The monoisotopic (exact) mass is 210 g/mol. The maximum absolute atomic E-state index is 11.9. The topological polar surface area (TPSA) is 54.4 Å². The van der Waals surface area contributed by atoms with Crippen molar-refractivity contribution in [3.8, 4) is 0 Å². The minimum atomic E-state index is -0.800. The van der Waals surface area contributed by atoms with Crippen LogP contribution < -0.4 is 0 Å². The van der Waals surface area contributed by atoms with Crippen LogP contribution in [0.2, 0.25) is 0 Å². The second-order valence-electron chi connectivity index (χ2n) is 4.99. The number of hydrogen-bond donors (Lipinski definition) is 1. The van der Waals surface area contributed by atoms with Gasteiger partial charge in [0.15, 0.2) is 0 Å². The lowest BCUT2D eigenvalue weighted by Gasteiger charge is -2.35. The molecule has 1 N–H and O–H groups in total. The van der Waals surface area contributed by atoms with Crippen LogP contribution in [0.1, 0.15) is 45.4 Å². The van der Waals surface area contributed by atoms with Gasteiger partial charge in [0.1, 0.15) is 11.6 Å². The maximum atomic E-state index is 11.9. The summed E-state index contributed by atoms with van der Waals surface area (Å²) >= 11 is 0. The van der Waals surface area contributed by atoms with E-state index in [-0.39, 0.29) is 17.5 Å². The molecule has 0 aromatic rings. The fourth-order valence-corrected chi connectivity index (χ4v) is 2.97. The van der Waals surface area contributed by atoms with Crippen molar-refractivity contribution in [2.24, 2.45) is 11.8 Å². The summed E-state index contributed by atoms with van der Waals surface area (Å²) in [5, 5.41) is 10.4. The predicted molar refractivity (Wildman–Crippen MR) is 55.3 cm³/mol. The summed E-state index contributed by atoms with van der Waals surface area (Å²) in [6.45, 7) is 1.68. The van der Waals surface area contributed by atoms with Gasteiger partial charge in [0.05, 0.1) is 11.5 Å². The number of carbonyl (C=O) groups excluding carboxylic acids is 2. The minimum absolute atomic E-state index is 0.0318. The van der Waals surface area contributed by atoms with Crippen molar-refractivity contribution in [3.05, 3.63) is 0 Å². The van der Waals surface area contributed by atoms with E-state index in [9.17, 15) is 14.7 Å². The number of aliphatic hydroxyl groups is 1. The molecule has 0 aromatic carbocycles. The average molecular weight is 210 g/mol. The summed E-state index contributed by atoms with van der Waals surface area (Å²) in [4.78, 5) is 23.3. The second-order valence-corrected chi connectivity index (χ2v) is 4.99. The zero-order valence-electron chi connectivity index (χ0n) is 9.16. The Morgan fingerprint density at radius 1 is 1.27 bits per heavy atom. The van der Waals surface area contributed by atoms with Gasteiger partial charge in [0.25, 0.3) is 0 Å². The number of carbonyl (C=O) groups is 2. The SMILES string of the molecule is CC1C(=O)CCC(C2(O)CCCC2)C1=O. The Bertz CT molecular complexity index is 289. The van der Waals surface area contributed by atoms with Crippen LogP contribution in [0.3, 0.4) is 0 Å². The van der Waals surface area contributed by atoms with Crippen molar-refractivity contribution in [1.29, 1.82) is 0 Å². The van der Waals surface area contributed by atoms with E-state index in [0.717, 1.165) is 25.7 Å². The molecule has 3 nitrogen and oxygen atoms in total. The van der Waals surface area contributed by atoms with E-state index in [1.54, 1.807) is 6.92 Å². The molecule has 2 aliphatic carbocycles. The molecule has 0 spiro atoms. The summed E-state index contributed by atoms with van der Waals surface area (Å²) in [7, 11) is 0. The molecular weight excluding hydrogens is 192 g/mol. The van der Waals surface area contributed by atoms with Crippen molar-refractivity contribution in [2.45, 2.75) is 51.0 Å². The van der Waals surface area contributed by atoms with Gasteiger partial charge in [-0.2, -0.15) is 0 Å². The lowest BCUT2D eigenvalue weighted by molar-refractivity contribution is -0.146. The molecular formula is C12H18O3. The van der Waals surface area contributed by atoms with Crippen LogP contribution >= 0.6 is 0 Å². The van der Waals surface area contributed by atoms with Crippen molar-refractivity contribution in [1.82, 2.24) is 0 Å².